The van der Waals surface area contributed by atoms with Crippen LogP contribution in [0.1, 0.15) is 58.1 Å². The van der Waals surface area contributed by atoms with Gasteiger partial charge in [0.15, 0.2) is 5.60 Å². The van der Waals surface area contributed by atoms with Crippen LogP contribution in [0.3, 0.4) is 0 Å². The van der Waals surface area contributed by atoms with E-state index in [1.54, 1.807) is 11.0 Å². The second kappa shape index (κ2) is 9.20. The molecule has 2 aromatic carbocycles. The van der Waals surface area contributed by atoms with Crippen molar-refractivity contribution in [3.63, 3.8) is 0 Å². The maximum absolute atomic E-state index is 13.8. The molecule has 2 rings (SSSR count). The average molecular weight is 380 g/mol. The number of carbonyl (C=O) groups is 1. The molecule has 0 radical (unpaired) electrons. The van der Waals surface area contributed by atoms with Crippen molar-refractivity contribution in [1.82, 2.24) is 0 Å². The van der Waals surface area contributed by atoms with Crippen molar-refractivity contribution in [2.24, 2.45) is 0 Å². The summed E-state index contributed by atoms with van der Waals surface area (Å²) >= 11 is 0. The molecule has 0 aliphatic rings. The SMILES string of the molecule is C=CCN(C(=O)[C@@](O)(CCCC)c1ccccc1)c1ccccc1C(C)(C)C. The normalized spacial score (nSPS) is 13.6. The Morgan fingerprint density at radius 3 is 2.25 bits per heavy atom. The molecule has 0 saturated heterocycles. The Hall–Kier alpha value is -2.39. The molecule has 1 atom stereocenters. The molecule has 0 spiro atoms. The number of amides is 1. The molecule has 0 aromatic heterocycles. The quantitative estimate of drug-likeness (QED) is 0.608. The van der Waals surface area contributed by atoms with Crippen molar-refractivity contribution in [2.45, 2.75) is 58.0 Å². The number of para-hydroxylation sites is 1. The fourth-order valence-corrected chi connectivity index (χ4v) is 3.51. The van der Waals surface area contributed by atoms with E-state index in [1.807, 2.05) is 54.6 Å². The lowest BCUT2D eigenvalue weighted by Crippen LogP contribution is -2.48. The van der Waals surface area contributed by atoms with Crippen LogP contribution in [0.15, 0.2) is 67.3 Å². The third-order valence-electron chi connectivity index (χ3n) is 5.06. The molecule has 0 unspecified atom stereocenters. The van der Waals surface area contributed by atoms with Gasteiger partial charge in [-0.05, 0) is 35.4 Å². The molecule has 0 heterocycles. The second-order valence-electron chi connectivity index (χ2n) is 8.30. The lowest BCUT2D eigenvalue weighted by molar-refractivity contribution is -0.138. The number of anilines is 1. The maximum Gasteiger partial charge on any atom is 0.263 e. The van der Waals surface area contributed by atoms with Gasteiger partial charge in [-0.15, -0.1) is 6.58 Å². The third-order valence-corrected chi connectivity index (χ3v) is 5.06. The van der Waals surface area contributed by atoms with Gasteiger partial charge in [0.05, 0.1) is 0 Å². The zero-order chi connectivity index (χ0) is 20.8. The standard InChI is InChI=1S/C25H33NO2/c1-6-8-18-25(28,20-14-10-9-11-15-20)23(27)26(19-7-2)22-17-13-12-16-21(22)24(3,4)5/h7,9-17,28H,2,6,8,18-19H2,1,3-5H3/t25-/m1/s1. The fraction of sp³-hybridized carbons (Fsp3) is 0.400. The molecule has 28 heavy (non-hydrogen) atoms. The molecule has 150 valence electrons. The predicted molar refractivity (Wildman–Crippen MR) is 118 cm³/mol. The van der Waals surface area contributed by atoms with Gasteiger partial charge in [-0.1, -0.05) is 88.7 Å². The lowest BCUT2D eigenvalue weighted by Gasteiger charge is -2.36. The first-order chi connectivity index (χ1) is 13.3. The number of hydrogen-bond acceptors (Lipinski definition) is 2. The average Bonchev–Trinajstić information content (AvgIpc) is 2.69. The first-order valence-electron chi connectivity index (χ1n) is 10.1. The number of benzene rings is 2. The Kier molecular flexibility index (Phi) is 7.20. The summed E-state index contributed by atoms with van der Waals surface area (Å²) in [5.41, 5.74) is 0.827. The zero-order valence-corrected chi connectivity index (χ0v) is 17.6. The number of nitrogens with zero attached hydrogens (tertiary/aromatic N) is 1. The van der Waals surface area contributed by atoms with Gasteiger partial charge >= 0.3 is 0 Å². The Morgan fingerprint density at radius 2 is 1.68 bits per heavy atom. The number of aliphatic hydroxyl groups is 1. The van der Waals surface area contributed by atoms with E-state index in [1.165, 1.54) is 0 Å². The molecular formula is C25H33NO2. The summed E-state index contributed by atoms with van der Waals surface area (Å²) in [4.78, 5) is 15.4. The molecule has 3 nitrogen and oxygen atoms in total. The molecule has 1 amide bonds. The first-order valence-corrected chi connectivity index (χ1v) is 10.1. The summed E-state index contributed by atoms with van der Waals surface area (Å²) in [6.45, 7) is 12.6. The van der Waals surface area contributed by atoms with Crippen LogP contribution < -0.4 is 4.90 Å². The van der Waals surface area contributed by atoms with Crippen LogP contribution >= 0.6 is 0 Å². The molecule has 0 saturated carbocycles. The van der Waals surface area contributed by atoms with Crippen molar-refractivity contribution in [3.8, 4) is 0 Å². The highest BCUT2D eigenvalue weighted by Gasteiger charge is 2.41. The molecule has 0 bridgehead atoms. The van der Waals surface area contributed by atoms with E-state index in [9.17, 15) is 9.90 Å². The van der Waals surface area contributed by atoms with Crippen molar-refractivity contribution >= 4 is 11.6 Å². The fourth-order valence-electron chi connectivity index (χ4n) is 3.51. The zero-order valence-electron chi connectivity index (χ0n) is 17.6. The van der Waals surface area contributed by atoms with E-state index in [0.717, 1.165) is 24.1 Å². The molecule has 0 fully saturated rings. The van der Waals surface area contributed by atoms with E-state index < -0.39 is 5.60 Å². The van der Waals surface area contributed by atoms with Gasteiger partial charge in [0.2, 0.25) is 0 Å². The van der Waals surface area contributed by atoms with E-state index >= 15 is 0 Å². The van der Waals surface area contributed by atoms with Crippen molar-refractivity contribution in [3.05, 3.63) is 78.4 Å². The Balaban J connectivity index is 2.58. The number of carbonyl (C=O) groups excluding carboxylic acids is 1. The van der Waals surface area contributed by atoms with E-state index in [4.69, 9.17) is 0 Å². The number of rotatable bonds is 8. The van der Waals surface area contributed by atoms with E-state index in [0.29, 0.717) is 18.5 Å². The van der Waals surface area contributed by atoms with Gasteiger partial charge in [-0.25, -0.2) is 0 Å². The van der Waals surface area contributed by atoms with Crippen LogP contribution in [0.5, 0.6) is 0 Å². The summed E-state index contributed by atoms with van der Waals surface area (Å²) in [6, 6.07) is 17.2. The minimum Gasteiger partial charge on any atom is -0.375 e. The van der Waals surface area contributed by atoms with Crippen LogP contribution in [0.4, 0.5) is 5.69 Å². The highest BCUT2D eigenvalue weighted by molar-refractivity contribution is 6.00. The van der Waals surface area contributed by atoms with Gasteiger partial charge in [0.1, 0.15) is 0 Å². The van der Waals surface area contributed by atoms with Crippen molar-refractivity contribution in [1.29, 1.82) is 0 Å². The molecule has 1 N–H and O–H groups in total. The van der Waals surface area contributed by atoms with E-state index in [-0.39, 0.29) is 11.3 Å². The van der Waals surface area contributed by atoms with Crippen LogP contribution in [0.25, 0.3) is 0 Å². The number of unbranched alkanes of at least 4 members (excludes halogenated alkanes) is 1. The van der Waals surface area contributed by atoms with Crippen LogP contribution in [-0.2, 0) is 15.8 Å². The minimum atomic E-state index is -1.56. The first kappa shape index (κ1) is 21.9. The second-order valence-corrected chi connectivity index (χ2v) is 8.30. The van der Waals surface area contributed by atoms with Gasteiger partial charge in [-0.2, -0.15) is 0 Å². The van der Waals surface area contributed by atoms with Gasteiger partial charge in [-0.3, -0.25) is 4.79 Å². The molecule has 0 aliphatic heterocycles. The summed E-state index contributed by atoms with van der Waals surface area (Å²) in [5.74, 6) is -0.302. The highest BCUT2D eigenvalue weighted by atomic mass is 16.3. The summed E-state index contributed by atoms with van der Waals surface area (Å²) < 4.78 is 0. The summed E-state index contributed by atoms with van der Waals surface area (Å²) in [6.07, 6.45) is 3.77. The van der Waals surface area contributed by atoms with Gasteiger partial charge in [0.25, 0.3) is 5.91 Å². The Bertz CT molecular complexity index is 792. The van der Waals surface area contributed by atoms with Crippen LogP contribution in [0.2, 0.25) is 0 Å². The van der Waals surface area contributed by atoms with Crippen LogP contribution in [0, 0.1) is 0 Å². The van der Waals surface area contributed by atoms with Crippen molar-refractivity contribution in [2.75, 3.05) is 11.4 Å². The van der Waals surface area contributed by atoms with E-state index in [2.05, 4.69) is 34.3 Å². The topological polar surface area (TPSA) is 40.5 Å². The number of hydrogen-bond donors (Lipinski definition) is 1. The van der Waals surface area contributed by atoms with Crippen molar-refractivity contribution < 1.29 is 9.90 Å². The monoisotopic (exact) mass is 379 g/mol. The predicted octanol–water partition coefficient (Wildman–Crippen LogP) is 5.58. The Labute approximate surface area is 169 Å². The van der Waals surface area contributed by atoms with Gasteiger partial charge in [0, 0.05) is 12.2 Å². The summed E-state index contributed by atoms with van der Waals surface area (Å²) in [5, 5.41) is 11.6. The largest absolute Gasteiger partial charge is 0.375 e. The minimum absolute atomic E-state index is 0.134. The summed E-state index contributed by atoms with van der Waals surface area (Å²) in [7, 11) is 0. The molecule has 2 aromatic rings. The molecule has 3 heteroatoms. The highest BCUT2D eigenvalue weighted by Crippen LogP contribution is 2.36. The smallest absolute Gasteiger partial charge is 0.263 e. The maximum atomic E-state index is 13.8. The Morgan fingerprint density at radius 1 is 1.07 bits per heavy atom. The van der Waals surface area contributed by atoms with Gasteiger partial charge < -0.3 is 10.0 Å². The molecule has 0 aliphatic carbocycles. The third kappa shape index (κ3) is 4.71. The molecular weight excluding hydrogens is 346 g/mol. The van der Waals surface area contributed by atoms with Crippen LogP contribution in [-0.4, -0.2) is 17.6 Å². The lowest BCUT2D eigenvalue weighted by atomic mass is 9.84.